The summed E-state index contributed by atoms with van der Waals surface area (Å²) in [5, 5.41) is 3.27. The number of rotatable bonds is 2. The van der Waals surface area contributed by atoms with Crippen LogP contribution in [0.4, 0.5) is 5.69 Å². The zero-order valence-electron chi connectivity index (χ0n) is 12.0. The molecule has 21 heavy (non-hydrogen) atoms. The first-order chi connectivity index (χ1) is 10.1. The van der Waals surface area contributed by atoms with Crippen LogP contribution >= 0.6 is 15.9 Å². The molecule has 0 radical (unpaired) electrons. The van der Waals surface area contributed by atoms with E-state index in [0.717, 1.165) is 22.2 Å². The predicted molar refractivity (Wildman–Crippen MR) is 86.9 cm³/mol. The van der Waals surface area contributed by atoms with Gasteiger partial charge in [0.1, 0.15) is 0 Å². The van der Waals surface area contributed by atoms with Gasteiger partial charge in [-0.1, -0.05) is 22.4 Å². The van der Waals surface area contributed by atoms with E-state index in [0.29, 0.717) is 23.2 Å². The fourth-order valence-corrected chi connectivity index (χ4v) is 5.60. The maximum absolute atomic E-state index is 12.5. The molecule has 0 spiro atoms. The fourth-order valence-electron chi connectivity index (χ4n) is 5.22. The summed E-state index contributed by atoms with van der Waals surface area (Å²) in [5.74, 6) is 3.39. The highest BCUT2D eigenvalue weighted by molar-refractivity contribution is 9.10. The number of hydrogen-bond acceptors (Lipinski definition) is 2. The molecule has 3 fully saturated rings. The summed E-state index contributed by atoms with van der Waals surface area (Å²) < 4.78 is 0.908. The summed E-state index contributed by atoms with van der Waals surface area (Å²) in [6.45, 7) is 0. The molecule has 2 bridgehead atoms. The lowest BCUT2D eigenvalue weighted by Crippen LogP contribution is -2.42. The van der Waals surface area contributed by atoms with Gasteiger partial charge in [0.25, 0.3) is 5.91 Å². The second kappa shape index (κ2) is 5.01. The Balaban J connectivity index is 1.48. The highest BCUT2D eigenvalue weighted by atomic mass is 79.9. The van der Waals surface area contributed by atoms with Gasteiger partial charge < -0.3 is 11.1 Å². The van der Waals surface area contributed by atoms with Crippen molar-refractivity contribution in [2.75, 3.05) is 5.73 Å². The highest BCUT2D eigenvalue weighted by Crippen LogP contribution is 2.58. The Morgan fingerprint density at radius 2 is 2.00 bits per heavy atom. The third-order valence-electron chi connectivity index (χ3n) is 6.00. The van der Waals surface area contributed by atoms with E-state index < -0.39 is 0 Å². The number of nitrogens with two attached hydrogens (primary N) is 1. The highest BCUT2D eigenvalue weighted by Gasteiger charge is 2.54. The van der Waals surface area contributed by atoms with Crippen LogP contribution in [0.1, 0.15) is 42.5 Å². The standard InChI is InChI=1S/C17H21BrN2O/c18-10-4-5-13(15(19)8-10)17(21)20-16-7-9-6-14(16)12-3-1-2-11(9)12/h4-5,8-9,11-12,14,16H,1-3,6-7,19H2,(H,20,21). The summed E-state index contributed by atoms with van der Waals surface area (Å²) in [5.41, 5.74) is 7.11. The van der Waals surface area contributed by atoms with E-state index in [1.807, 2.05) is 6.07 Å². The largest absolute Gasteiger partial charge is 0.398 e. The van der Waals surface area contributed by atoms with E-state index in [-0.39, 0.29) is 5.91 Å². The Bertz CT molecular complexity index is 588. The number of nitrogen functional groups attached to an aromatic ring is 1. The summed E-state index contributed by atoms with van der Waals surface area (Å²) in [7, 11) is 0. The van der Waals surface area contributed by atoms with Crippen molar-refractivity contribution in [2.45, 2.75) is 38.1 Å². The Morgan fingerprint density at radius 3 is 2.81 bits per heavy atom. The molecule has 3 nitrogen and oxygen atoms in total. The van der Waals surface area contributed by atoms with Crippen LogP contribution in [-0.2, 0) is 0 Å². The maximum Gasteiger partial charge on any atom is 0.253 e. The third-order valence-corrected chi connectivity index (χ3v) is 6.50. The number of benzene rings is 1. The van der Waals surface area contributed by atoms with Gasteiger partial charge in [0.05, 0.1) is 5.56 Å². The van der Waals surface area contributed by atoms with Crippen molar-refractivity contribution in [3.05, 3.63) is 28.2 Å². The van der Waals surface area contributed by atoms with Crippen LogP contribution in [0.25, 0.3) is 0 Å². The normalized spacial score (nSPS) is 36.7. The summed E-state index contributed by atoms with van der Waals surface area (Å²) in [4.78, 5) is 12.5. The molecule has 3 N–H and O–H groups in total. The van der Waals surface area contributed by atoms with E-state index in [1.54, 1.807) is 12.1 Å². The molecule has 3 saturated carbocycles. The maximum atomic E-state index is 12.5. The lowest BCUT2D eigenvalue weighted by Gasteiger charge is -2.32. The summed E-state index contributed by atoms with van der Waals surface area (Å²) in [6.07, 6.45) is 6.69. The van der Waals surface area contributed by atoms with Crippen LogP contribution in [0.2, 0.25) is 0 Å². The smallest absolute Gasteiger partial charge is 0.253 e. The summed E-state index contributed by atoms with van der Waals surface area (Å²) in [6, 6.07) is 5.84. The second-order valence-corrected chi connectivity index (χ2v) is 7.88. The molecular weight excluding hydrogens is 328 g/mol. The van der Waals surface area contributed by atoms with Gasteiger partial charge in [0.15, 0.2) is 0 Å². The second-order valence-electron chi connectivity index (χ2n) is 6.97. The SMILES string of the molecule is Nc1cc(Br)ccc1C(=O)NC1CC2CC1C1CCCC21. The van der Waals surface area contributed by atoms with Crippen molar-refractivity contribution >= 4 is 27.5 Å². The van der Waals surface area contributed by atoms with Gasteiger partial charge in [-0.15, -0.1) is 0 Å². The molecule has 0 aliphatic heterocycles. The Morgan fingerprint density at radius 1 is 1.19 bits per heavy atom. The van der Waals surface area contributed by atoms with Crippen LogP contribution in [0.5, 0.6) is 0 Å². The lowest BCUT2D eigenvalue weighted by atomic mass is 9.79. The molecule has 4 rings (SSSR count). The molecule has 5 unspecified atom stereocenters. The van der Waals surface area contributed by atoms with Gasteiger partial charge in [-0.3, -0.25) is 4.79 Å². The average molecular weight is 349 g/mol. The van der Waals surface area contributed by atoms with Crippen molar-refractivity contribution in [3.8, 4) is 0 Å². The van der Waals surface area contributed by atoms with Crippen LogP contribution < -0.4 is 11.1 Å². The van der Waals surface area contributed by atoms with E-state index in [1.165, 1.54) is 32.1 Å². The molecule has 0 aromatic heterocycles. The van der Waals surface area contributed by atoms with Crippen LogP contribution in [0, 0.1) is 23.7 Å². The number of carbonyl (C=O) groups excluding carboxylic acids is 1. The number of carbonyl (C=O) groups is 1. The number of halogens is 1. The molecule has 3 aliphatic carbocycles. The van der Waals surface area contributed by atoms with Crippen molar-refractivity contribution < 1.29 is 4.79 Å². The van der Waals surface area contributed by atoms with Crippen molar-refractivity contribution in [3.63, 3.8) is 0 Å². The molecule has 1 aromatic rings. The number of nitrogens with one attached hydrogen (secondary N) is 1. The minimum atomic E-state index is -0.00732. The Labute approximate surface area is 133 Å². The van der Waals surface area contributed by atoms with Crippen LogP contribution in [0.3, 0.4) is 0 Å². The zero-order chi connectivity index (χ0) is 14.6. The minimum Gasteiger partial charge on any atom is -0.398 e. The summed E-state index contributed by atoms with van der Waals surface area (Å²) >= 11 is 3.38. The molecule has 1 aromatic carbocycles. The topological polar surface area (TPSA) is 55.1 Å². The number of anilines is 1. The fraction of sp³-hybridized carbons (Fsp3) is 0.588. The lowest BCUT2D eigenvalue weighted by molar-refractivity contribution is 0.0902. The average Bonchev–Trinajstić information content (AvgIpc) is 3.09. The van der Waals surface area contributed by atoms with Crippen molar-refractivity contribution in [1.82, 2.24) is 5.32 Å². The first-order valence-electron chi connectivity index (χ1n) is 7.99. The van der Waals surface area contributed by atoms with E-state index in [2.05, 4.69) is 21.2 Å². The molecule has 0 saturated heterocycles. The van der Waals surface area contributed by atoms with Gasteiger partial charge in [0, 0.05) is 16.2 Å². The number of amides is 1. The first kappa shape index (κ1) is 13.6. The third kappa shape index (κ3) is 2.19. The quantitative estimate of drug-likeness (QED) is 0.802. The van der Waals surface area contributed by atoms with Gasteiger partial charge in [0.2, 0.25) is 0 Å². The van der Waals surface area contributed by atoms with E-state index >= 15 is 0 Å². The molecule has 3 aliphatic rings. The minimum absolute atomic E-state index is 0.00732. The van der Waals surface area contributed by atoms with E-state index in [9.17, 15) is 4.79 Å². The predicted octanol–water partition coefficient (Wildman–Crippen LogP) is 3.59. The molecule has 4 heteroatoms. The van der Waals surface area contributed by atoms with Crippen LogP contribution in [-0.4, -0.2) is 11.9 Å². The molecule has 112 valence electrons. The number of hydrogen-bond donors (Lipinski definition) is 2. The number of fused-ring (bicyclic) bond motifs is 5. The Kier molecular flexibility index (Phi) is 3.25. The Hall–Kier alpha value is -1.03. The van der Waals surface area contributed by atoms with E-state index in [4.69, 9.17) is 5.73 Å². The van der Waals surface area contributed by atoms with Crippen molar-refractivity contribution in [2.24, 2.45) is 23.7 Å². The molecular formula is C17H21BrN2O. The first-order valence-corrected chi connectivity index (χ1v) is 8.78. The monoisotopic (exact) mass is 348 g/mol. The van der Waals surface area contributed by atoms with Gasteiger partial charge >= 0.3 is 0 Å². The van der Waals surface area contributed by atoms with Gasteiger partial charge in [-0.2, -0.15) is 0 Å². The molecule has 5 atom stereocenters. The van der Waals surface area contributed by atoms with Crippen molar-refractivity contribution in [1.29, 1.82) is 0 Å². The van der Waals surface area contributed by atoms with Crippen LogP contribution in [0.15, 0.2) is 22.7 Å². The molecule has 1 amide bonds. The van der Waals surface area contributed by atoms with Gasteiger partial charge in [-0.25, -0.2) is 0 Å². The van der Waals surface area contributed by atoms with Gasteiger partial charge in [-0.05, 0) is 67.6 Å². The molecule has 0 heterocycles. The zero-order valence-corrected chi connectivity index (χ0v) is 13.6.